The molecule has 4 nitrogen and oxygen atoms in total. The van der Waals surface area contributed by atoms with Gasteiger partial charge >= 0.3 is 0 Å². The average molecular weight is 523 g/mol. The predicted molar refractivity (Wildman–Crippen MR) is 169 cm³/mol. The number of nitrogens with zero attached hydrogens (tertiary/aromatic N) is 2. The van der Waals surface area contributed by atoms with Gasteiger partial charge in [-0.25, -0.2) is 0 Å². The summed E-state index contributed by atoms with van der Waals surface area (Å²) in [6, 6.07) is 17.6. The van der Waals surface area contributed by atoms with Crippen LogP contribution in [0.15, 0.2) is 94.2 Å². The highest BCUT2D eigenvalue weighted by atomic mass is 14.8. The summed E-state index contributed by atoms with van der Waals surface area (Å²) in [5.74, 6) is 0. The van der Waals surface area contributed by atoms with Crippen LogP contribution in [-0.4, -0.2) is 22.4 Å². The van der Waals surface area contributed by atoms with Crippen molar-refractivity contribution in [1.29, 1.82) is 0 Å². The van der Waals surface area contributed by atoms with Crippen LogP contribution in [0, 0.1) is 41.5 Å². The number of rotatable bonds is 5. The van der Waals surface area contributed by atoms with Gasteiger partial charge in [-0.2, -0.15) is 0 Å². The monoisotopic (exact) mass is 522 g/mol. The molecule has 0 saturated heterocycles. The lowest BCUT2D eigenvalue weighted by Crippen LogP contribution is -2.00. The number of benzene rings is 2. The Kier molecular flexibility index (Phi) is 6.47. The van der Waals surface area contributed by atoms with E-state index >= 15 is 0 Å². The van der Waals surface area contributed by atoms with Gasteiger partial charge in [0.05, 0.1) is 22.8 Å². The van der Waals surface area contributed by atoms with Crippen molar-refractivity contribution in [1.82, 2.24) is 9.97 Å². The number of H-pyrrole nitrogens is 2. The van der Waals surface area contributed by atoms with Gasteiger partial charge in [-0.05, 0) is 123 Å². The Morgan fingerprint density at radius 1 is 0.525 bits per heavy atom. The minimum Gasteiger partial charge on any atom is -0.353 e. The van der Waals surface area contributed by atoms with Crippen LogP contribution in [0.25, 0.3) is 22.5 Å². The Hall–Kier alpha value is -4.70. The highest BCUT2D eigenvalue weighted by Gasteiger charge is 2.21. The fourth-order valence-electron chi connectivity index (χ4n) is 6.24. The van der Waals surface area contributed by atoms with E-state index in [9.17, 15) is 0 Å². The lowest BCUT2D eigenvalue weighted by Gasteiger charge is -2.16. The van der Waals surface area contributed by atoms with Gasteiger partial charge in [0.2, 0.25) is 0 Å². The fourth-order valence-corrected chi connectivity index (χ4v) is 6.24. The van der Waals surface area contributed by atoms with E-state index in [1.165, 1.54) is 44.5 Å². The molecule has 2 aliphatic rings. The third-order valence-corrected chi connectivity index (χ3v) is 7.67. The highest BCUT2D eigenvalue weighted by molar-refractivity contribution is 5.92. The molecule has 40 heavy (non-hydrogen) atoms. The van der Waals surface area contributed by atoms with Crippen molar-refractivity contribution >= 4 is 23.6 Å². The van der Waals surface area contributed by atoms with Crippen molar-refractivity contribution in [2.75, 3.05) is 0 Å². The molecule has 4 aromatic rings. The number of allylic oxidation sites excluding steroid dienone is 4. The van der Waals surface area contributed by atoms with Gasteiger partial charge < -0.3 is 9.97 Å². The molecule has 4 heterocycles. The zero-order valence-corrected chi connectivity index (χ0v) is 24.0. The predicted octanol–water partition coefficient (Wildman–Crippen LogP) is 8.66. The summed E-state index contributed by atoms with van der Waals surface area (Å²) in [6.45, 7) is 13.0. The third kappa shape index (κ3) is 4.56. The molecule has 0 atom stereocenters. The summed E-state index contributed by atoms with van der Waals surface area (Å²) in [7, 11) is 0. The van der Waals surface area contributed by atoms with E-state index < -0.39 is 0 Å². The van der Waals surface area contributed by atoms with Crippen LogP contribution in [0.2, 0.25) is 0 Å². The van der Waals surface area contributed by atoms with Crippen LogP contribution in [-0.2, 0) is 0 Å². The summed E-state index contributed by atoms with van der Waals surface area (Å²) < 4.78 is 0. The van der Waals surface area contributed by atoms with E-state index in [-0.39, 0.29) is 0 Å². The first-order valence-electron chi connectivity index (χ1n) is 13.8. The molecule has 2 aromatic carbocycles. The first kappa shape index (κ1) is 25.6. The second kappa shape index (κ2) is 10.1. The normalized spacial score (nSPS) is 16.4. The lowest BCUT2D eigenvalue weighted by molar-refractivity contribution is 1.23. The Bertz CT molecular complexity index is 1630. The van der Waals surface area contributed by atoms with Crippen molar-refractivity contribution in [3.8, 4) is 11.4 Å². The van der Waals surface area contributed by atoms with E-state index in [1.807, 2.05) is 24.6 Å². The first-order valence-corrected chi connectivity index (χ1v) is 13.8. The largest absolute Gasteiger partial charge is 0.353 e. The topological polar surface area (TPSA) is 56.3 Å². The average Bonchev–Trinajstić information content (AvgIpc) is 3.72. The van der Waals surface area contributed by atoms with E-state index in [4.69, 9.17) is 9.98 Å². The zero-order valence-electron chi connectivity index (χ0n) is 24.0. The number of aliphatic imine (C=N–C) groups is 2. The summed E-state index contributed by atoms with van der Waals surface area (Å²) >= 11 is 0. The maximum atomic E-state index is 4.69. The fraction of sp³-hybridized carbons (Fsp3) is 0.167. The molecule has 198 valence electrons. The standard InChI is InChI=1S/C36H34N4/c1-21-17-23(3)33(24(4)18-21)35(29-9-7-15-37-29)31-13-11-27(39-31)28-12-14-32(40-28)36(30-10-8-16-38-30)34-25(5)19-22(2)20-26(34)6/h7-20,39-40H,1-6H3/b35-29+,36-30?. The van der Waals surface area contributed by atoms with Gasteiger partial charge in [-0.15, -0.1) is 0 Å². The summed E-state index contributed by atoms with van der Waals surface area (Å²) in [5, 5.41) is 0. The van der Waals surface area contributed by atoms with Crippen molar-refractivity contribution in [2.24, 2.45) is 9.98 Å². The molecule has 0 spiro atoms. The summed E-state index contributed by atoms with van der Waals surface area (Å²) in [5.41, 5.74) is 18.3. The minimum absolute atomic E-state index is 0.971. The van der Waals surface area contributed by atoms with Gasteiger partial charge in [-0.1, -0.05) is 35.4 Å². The molecule has 0 radical (unpaired) electrons. The van der Waals surface area contributed by atoms with Crippen molar-refractivity contribution in [2.45, 2.75) is 41.5 Å². The quantitative estimate of drug-likeness (QED) is 0.263. The number of aromatic nitrogens is 2. The molecule has 0 bridgehead atoms. The molecule has 0 fully saturated rings. The van der Waals surface area contributed by atoms with E-state index in [1.54, 1.807) is 0 Å². The molecule has 6 rings (SSSR count). The van der Waals surface area contributed by atoms with Crippen LogP contribution in [0.5, 0.6) is 0 Å². The van der Waals surface area contributed by atoms with E-state index in [2.05, 4.69) is 112 Å². The maximum Gasteiger partial charge on any atom is 0.0729 e. The van der Waals surface area contributed by atoms with Gasteiger partial charge in [-0.3, -0.25) is 9.98 Å². The summed E-state index contributed by atoms with van der Waals surface area (Å²) in [4.78, 5) is 16.8. The molecule has 4 heteroatoms. The van der Waals surface area contributed by atoms with Crippen molar-refractivity contribution < 1.29 is 0 Å². The van der Waals surface area contributed by atoms with Crippen LogP contribution in [0.3, 0.4) is 0 Å². The Morgan fingerprint density at radius 3 is 1.23 bits per heavy atom. The number of nitrogens with one attached hydrogen (secondary N) is 2. The molecule has 0 aliphatic carbocycles. The summed E-state index contributed by atoms with van der Waals surface area (Å²) in [6.07, 6.45) is 11.9. The van der Waals surface area contributed by atoms with Gasteiger partial charge in [0.1, 0.15) is 0 Å². The van der Waals surface area contributed by atoms with Crippen LogP contribution >= 0.6 is 0 Å². The van der Waals surface area contributed by atoms with Crippen LogP contribution in [0.4, 0.5) is 0 Å². The molecule has 0 saturated carbocycles. The Morgan fingerprint density at radius 2 is 0.900 bits per heavy atom. The van der Waals surface area contributed by atoms with Crippen molar-refractivity contribution in [3.63, 3.8) is 0 Å². The number of hydrogen-bond acceptors (Lipinski definition) is 2. The molecule has 2 N–H and O–H groups in total. The number of aromatic amines is 2. The Balaban J connectivity index is 1.45. The molecule has 2 aliphatic heterocycles. The van der Waals surface area contributed by atoms with E-state index in [0.29, 0.717) is 0 Å². The van der Waals surface area contributed by atoms with Crippen LogP contribution in [0.1, 0.15) is 55.9 Å². The van der Waals surface area contributed by atoms with Gasteiger partial charge in [0, 0.05) is 35.0 Å². The molecule has 0 amide bonds. The lowest BCUT2D eigenvalue weighted by atomic mass is 9.90. The van der Waals surface area contributed by atoms with Crippen LogP contribution < -0.4 is 0 Å². The van der Waals surface area contributed by atoms with E-state index in [0.717, 1.165) is 45.3 Å². The molecular formula is C36H34N4. The second-order valence-electron chi connectivity index (χ2n) is 10.9. The molecule has 2 aromatic heterocycles. The maximum absolute atomic E-state index is 4.69. The first-order chi connectivity index (χ1) is 19.3. The van der Waals surface area contributed by atoms with Gasteiger partial charge in [0.25, 0.3) is 0 Å². The number of hydrogen-bond donors (Lipinski definition) is 2. The molecular weight excluding hydrogens is 488 g/mol. The SMILES string of the molecule is Cc1cc(C)c(C(=C2C=CC=N2)c2ccc(-c3ccc(/C(=C4/C=CC=N4)c4c(C)cc(C)cc4C)[nH]3)[nH]2)c(C)c1. The van der Waals surface area contributed by atoms with Gasteiger partial charge in [0.15, 0.2) is 0 Å². The third-order valence-electron chi connectivity index (χ3n) is 7.67. The highest BCUT2D eigenvalue weighted by Crippen LogP contribution is 2.37. The Labute approximate surface area is 236 Å². The van der Waals surface area contributed by atoms with Crippen molar-refractivity contribution in [3.05, 3.63) is 140 Å². The second-order valence-corrected chi connectivity index (χ2v) is 10.9. The zero-order chi connectivity index (χ0) is 28.0. The number of aryl methyl sites for hydroxylation is 6. The molecule has 0 unspecified atom stereocenters. The minimum atomic E-state index is 0.971. The smallest absolute Gasteiger partial charge is 0.0729 e.